The number of para-hydroxylation sites is 2. The van der Waals surface area contributed by atoms with Crippen LogP contribution in [0.5, 0.6) is 11.5 Å². The fourth-order valence-electron chi connectivity index (χ4n) is 3.57. The van der Waals surface area contributed by atoms with Gasteiger partial charge >= 0.3 is 0 Å². The third-order valence-corrected chi connectivity index (χ3v) is 5.25. The average molecular weight is 468 g/mol. The van der Waals surface area contributed by atoms with Gasteiger partial charge in [0.15, 0.2) is 0 Å². The molecule has 176 valence electrons. The van der Waals surface area contributed by atoms with E-state index < -0.39 is 11.8 Å². The van der Waals surface area contributed by atoms with Crippen molar-refractivity contribution in [2.24, 2.45) is 5.10 Å². The molecule has 0 spiro atoms. The number of ether oxygens (including phenoxy) is 2. The van der Waals surface area contributed by atoms with E-state index in [4.69, 9.17) is 9.47 Å². The molecule has 0 heterocycles. The number of fused-ring (bicyclic) bond motifs is 1. The van der Waals surface area contributed by atoms with E-state index in [1.54, 1.807) is 30.5 Å². The van der Waals surface area contributed by atoms with Gasteiger partial charge in [-0.3, -0.25) is 9.59 Å². The van der Waals surface area contributed by atoms with Crippen LogP contribution in [0, 0.1) is 0 Å². The minimum Gasteiger partial charge on any atom is -0.495 e. The summed E-state index contributed by atoms with van der Waals surface area (Å²) in [7, 11) is 1.51. The lowest BCUT2D eigenvalue weighted by Crippen LogP contribution is -2.24. The molecular weight excluding hydrogens is 442 g/mol. The first kappa shape index (κ1) is 23.5. The number of carbonyl (C=O) groups is 2. The number of hydrazone groups is 1. The molecule has 0 unspecified atom stereocenters. The second-order valence-corrected chi connectivity index (χ2v) is 7.69. The number of rotatable bonds is 9. The predicted molar refractivity (Wildman–Crippen MR) is 137 cm³/mol. The average Bonchev–Trinajstić information content (AvgIpc) is 2.88. The Labute approximate surface area is 203 Å². The minimum atomic E-state index is -0.541. The Morgan fingerprint density at radius 1 is 0.829 bits per heavy atom. The summed E-state index contributed by atoms with van der Waals surface area (Å²) in [6.45, 7) is 0.398. The van der Waals surface area contributed by atoms with Gasteiger partial charge in [-0.1, -0.05) is 72.8 Å². The molecule has 0 saturated carbocycles. The van der Waals surface area contributed by atoms with E-state index in [2.05, 4.69) is 15.8 Å². The summed E-state index contributed by atoms with van der Waals surface area (Å²) in [4.78, 5) is 24.6. The molecule has 7 nitrogen and oxygen atoms in total. The Balaban J connectivity index is 1.44. The minimum absolute atomic E-state index is 0.387. The van der Waals surface area contributed by atoms with Crippen LogP contribution in [0.3, 0.4) is 0 Å². The van der Waals surface area contributed by atoms with Crippen LogP contribution in [0.25, 0.3) is 10.8 Å². The molecule has 0 atom stereocenters. The van der Waals surface area contributed by atoms with E-state index in [1.165, 1.54) is 7.11 Å². The van der Waals surface area contributed by atoms with E-state index >= 15 is 0 Å². The van der Waals surface area contributed by atoms with Crippen LogP contribution in [-0.4, -0.2) is 25.1 Å². The van der Waals surface area contributed by atoms with Crippen molar-refractivity contribution in [1.29, 1.82) is 0 Å². The number of carbonyl (C=O) groups excluding carboxylic acids is 2. The van der Waals surface area contributed by atoms with Gasteiger partial charge in [0, 0.05) is 5.56 Å². The quantitative estimate of drug-likeness (QED) is 0.208. The lowest BCUT2D eigenvalue weighted by molar-refractivity contribution is -0.126. The number of benzene rings is 4. The van der Waals surface area contributed by atoms with E-state index in [9.17, 15) is 9.59 Å². The molecule has 7 heteroatoms. The fourth-order valence-corrected chi connectivity index (χ4v) is 3.57. The number of anilines is 1. The van der Waals surface area contributed by atoms with Crippen molar-refractivity contribution >= 4 is 34.5 Å². The summed E-state index contributed by atoms with van der Waals surface area (Å²) in [6, 6.07) is 28.6. The smallest absolute Gasteiger partial charge is 0.249 e. The van der Waals surface area contributed by atoms with Gasteiger partial charge in [-0.05, 0) is 34.5 Å². The molecule has 2 N–H and O–H groups in total. The summed E-state index contributed by atoms with van der Waals surface area (Å²) >= 11 is 0. The molecule has 4 aromatic carbocycles. The molecule has 0 saturated heterocycles. The van der Waals surface area contributed by atoms with Crippen molar-refractivity contribution in [3.05, 3.63) is 102 Å². The van der Waals surface area contributed by atoms with E-state index in [0.29, 0.717) is 23.8 Å². The zero-order chi connectivity index (χ0) is 24.5. The van der Waals surface area contributed by atoms with Gasteiger partial charge in [0.1, 0.15) is 24.5 Å². The standard InChI is InChI=1S/C28H25N3O4/c1-34-26-14-8-7-13-24(26)30-27(32)17-28(33)31-29-18-23-22-12-6-5-11-21(22)15-16-25(23)35-19-20-9-3-2-4-10-20/h2-16,18H,17,19H2,1H3,(H,30,32)(H,31,33). The summed E-state index contributed by atoms with van der Waals surface area (Å²) in [6.07, 6.45) is 1.15. The highest BCUT2D eigenvalue weighted by molar-refractivity contribution is 6.05. The predicted octanol–water partition coefficient (Wildman–Crippen LogP) is 4.91. The largest absolute Gasteiger partial charge is 0.495 e. The Morgan fingerprint density at radius 3 is 2.40 bits per heavy atom. The normalized spacial score (nSPS) is 10.8. The molecule has 0 fully saturated rings. The maximum Gasteiger partial charge on any atom is 0.249 e. The molecule has 0 aromatic heterocycles. The topological polar surface area (TPSA) is 89.0 Å². The van der Waals surface area contributed by atoms with Crippen LogP contribution in [0.15, 0.2) is 96.1 Å². The van der Waals surface area contributed by atoms with Gasteiger partial charge in [-0.25, -0.2) is 5.43 Å². The molecular formula is C28H25N3O4. The monoisotopic (exact) mass is 467 g/mol. The third-order valence-electron chi connectivity index (χ3n) is 5.25. The molecule has 0 aliphatic carbocycles. The Bertz CT molecular complexity index is 1350. The first-order valence-electron chi connectivity index (χ1n) is 11.1. The maximum absolute atomic E-state index is 12.3. The van der Waals surface area contributed by atoms with Crippen molar-refractivity contribution in [2.45, 2.75) is 13.0 Å². The lowest BCUT2D eigenvalue weighted by atomic mass is 10.0. The second kappa shape index (κ2) is 11.5. The van der Waals surface area contributed by atoms with Crippen LogP contribution in [0.4, 0.5) is 5.69 Å². The van der Waals surface area contributed by atoms with E-state index in [1.807, 2.05) is 66.7 Å². The molecule has 2 amide bonds. The Hall–Kier alpha value is -4.65. The van der Waals surface area contributed by atoms with Crippen LogP contribution in [-0.2, 0) is 16.2 Å². The van der Waals surface area contributed by atoms with E-state index in [-0.39, 0.29) is 6.42 Å². The molecule has 4 rings (SSSR count). The highest BCUT2D eigenvalue weighted by Gasteiger charge is 2.12. The Morgan fingerprint density at radius 2 is 1.57 bits per heavy atom. The van der Waals surface area contributed by atoms with Crippen molar-refractivity contribution < 1.29 is 19.1 Å². The first-order chi connectivity index (χ1) is 17.1. The highest BCUT2D eigenvalue weighted by atomic mass is 16.5. The number of hydrogen-bond donors (Lipinski definition) is 2. The lowest BCUT2D eigenvalue weighted by Gasteiger charge is -2.12. The molecule has 4 aromatic rings. The fraction of sp³-hybridized carbons (Fsp3) is 0.107. The van der Waals surface area contributed by atoms with Gasteiger partial charge in [-0.15, -0.1) is 0 Å². The molecule has 0 aliphatic heterocycles. The Kier molecular flexibility index (Phi) is 7.70. The number of hydrogen-bond acceptors (Lipinski definition) is 5. The zero-order valence-corrected chi connectivity index (χ0v) is 19.2. The molecule has 0 bridgehead atoms. The van der Waals surface area contributed by atoms with Crippen LogP contribution >= 0.6 is 0 Å². The maximum atomic E-state index is 12.3. The van der Waals surface area contributed by atoms with Gasteiger partial charge < -0.3 is 14.8 Å². The van der Waals surface area contributed by atoms with Gasteiger partial charge in [0.2, 0.25) is 11.8 Å². The van der Waals surface area contributed by atoms with Crippen molar-refractivity contribution in [2.75, 3.05) is 12.4 Å². The number of methoxy groups -OCH3 is 1. The highest BCUT2D eigenvalue weighted by Crippen LogP contribution is 2.27. The van der Waals surface area contributed by atoms with Crippen LogP contribution in [0.2, 0.25) is 0 Å². The van der Waals surface area contributed by atoms with Crippen LogP contribution in [0.1, 0.15) is 17.5 Å². The summed E-state index contributed by atoms with van der Waals surface area (Å²) < 4.78 is 11.3. The molecule has 0 radical (unpaired) electrons. The van der Waals surface area contributed by atoms with Crippen molar-refractivity contribution in [3.63, 3.8) is 0 Å². The summed E-state index contributed by atoms with van der Waals surface area (Å²) in [5.41, 5.74) is 4.69. The van der Waals surface area contributed by atoms with E-state index in [0.717, 1.165) is 21.9 Å². The molecule has 0 aliphatic rings. The van der Waals surface area contributed by atoms with Crippen molar-refractivity contribution in [1.82, 2.24) is 5.43 Å². The van der Waals surface area contributed by atoms with Gasteiger partial charge in [-0.2, -0.15) is 5.10 Å². The SMILES string of the molecule is COc1ccccc1NC(=O)CC(=O)NN=Cc1c(OCc2ccccc2)ccc2ccccc12. The summed E-state index contributed by atoms with van der Waals surface area (Å²) in [5, 5.41) is 8.71. The van der Waals surface area contributed by atoms with Crippen LogP contribution < -0.4 is 20.2 Å². The number of amides is 2. The third kappa shape index (κ3) is 6.23. The van der Waals surface area contributed by atoms with Crippen molar-refractivity contribution in [3.8, 4) is 11.5 Å². The number of nitrogens with zero attached hydrogens (tertiary/aromatic N) is 1. The van der Waals surface area contributed by atoms with Gasteiger partial charge in [0.25, 0.3) is 0 Å². The van der Waals surface area contributed by atoms with Gasteiger partial charge in [0.05, 0.1) is 19.0 Å². The second-order valence-electron chi connectivity index (χ2n) is 7.69. The zero-order valence-electron chi connectivity index (χ0n) is 19.2. The number of nitrogens with one attached hydrogen (secondary N) is 2. The first-order valence-corrected chi connectivity index (χ1v) is 11.1. The molecule has 35 heavy (non-hydrogen) atoms. The summed E-state index contributed by atoms with van der Waals surface area (Å²) in [5.74, 6) is 0.137.